The van der Waals surface area contributed by atoms with E-state index in [-0.39, 0.29) is 6.61 Å². The van der Waals surface area contributed by atoms with Gasteiger partial charge in [0.1, 0.15) is 48.8 Å². The van der Waals surface area contributed by atoms with Gasteiger partial charge in [-0.15, -0.1) is 0 Å². The summed E-state index contributed by atoms with van der Waals surface area (Å²) in [5, 5.41) is 69.3. The van der Waals surface area contributed by atoms with Crippen molar-refractivity contribution < 1.29 is 54.7 Å². The molecule has 2 aliphatic heterocycles. The molecule has 2 heterocycles. The summed E-state index contributed by atoms with van der Waals surface area (Å²) in [6.07, 6.45) is -14.4. The minimum absolute atomic E-state index is 0.0890. The second-order valence-electron chi connectivity index (χ2n) is 7.34. The zero-order valence-electron chi connectivity index (χ0n) is 16.0. The van der Waals surface area contributed by atoms with Crippen LogP contribution in [0.1, 0.15) is 5.56 Å². The summed E-state index contributed by atoms with van der Waals surface area (Å²) >= 11 is 0. The van der Waals surface area contributed by atoms with Gasteiger partial charge >= 0.3 is 0 Å². The lowest BCUT2D eigenvalue weighted by molar-refractivity contribution is -0.332. The molecular formula is C19H28O11. The molecule has 0 aromatic heterocycles. The Bertz CT molecular complexity index is 645. The zero-order valence-corrected chi connectivity index (χ0v) is 16.0. The lowest BCUT2D eigenvalue weighted by Gasteiger charge is -2.42. The van der Waals surface area contributed by atoms with E-state index in [1.807, 2.05) is 18.2 Å². The van der Waals surface area contributed by atoms with Crippen LogP contribution >= 0.6 is 0 Å². The van der Waals surface area contributed by atoms with E-state index in [9.17, 15) is 35.7 Å². The van der Waals surface area contributed by atoms with Gasteiger partial charge in [0.2, 0.25) is 0 Å². The number of benzene rings is 1. The first kappa shape index (κ1) is 23.4. The largest absolute Gasteiger partial charge is 0.394 e. The molecule has 2 saturated heterocycles. The van der Waals surface area contributed by atoms with E-state index in [2.05, 4.69) is 0 Å². The maximum atomic E-state index is 10.2. The average molecular weight is 432 g/mol. The van der Waals surface area contributed by atoms with Crippen molar-refractivity contribution >= 4 is 0 Å². The standard InChI is InChI=1S/C19H28O11/c20-6-10-12(21)14(23)16(25)19(29-10)28-8-11-13(22)15(24)17(26)18(30-11)27-7-9-4-2-1-3-5-9/h1-5,10-26H,6-8H2/t10-,11-,12-,13-,14+,15+,16-,17-,18-,19-/m1/s1. The van der Waals surface area contributed by atoms with Gasteiger partial charge in [-0.3, -0.25) is 0 Å². The summed E-state index contributed by atoms with van der Waals surface area (Å²) in [7, 11) is 0. The van der Waals surface area contributed by atoms with E-state index in [4.69, 9.17) is 18.9 Å². The van der Waals surface area contributed by atoms with Crippen LogP contribution in [0, 0.1) is 0 Å². The third-order valence-electron chi connectivity index (χ3n) is 5.20. The van der Waals surface area contributed by atoms with Crippen molar-refractivity contribution in [2.75, 3.05) is 13.2 Å². The second kappa shape index (κ2) is 10.4. The van der Waals surface area contributed by atoms with Gasteiger partial charge < -0.3 is 54.7 Å². The molecule has 3 rings (SSSR count). The molecule has 2 aliphatic rings. The highest BCUT2D eigenvalue weighted by atomic mass is 16.7. The molecule has 0 bridgehead atoms. The van der Waals surface area contributed by atoms with Gasteiger partial charge in [0, 0.05) is 0 Å². The predicted octanol–water partition coefficient (Wildman–Crippen LogP) is -3.17. The van der Waals surface area contributed by atoms with E-state index >= 15 is 0 Å². The zero-order chi connectivity index (χ0) is 21.8. The average Bonchev–Trinajstić information content (AvgIpc) is 2.76. The maximum absolute atomic E-state index is 10.2. The van der Waals surface area contributed by atoms with Gasteiger partial charge in [-0.05, 0) is 5.56 Å². The first-order chi connectivity index (χ1) is 14.3. The Morgan fingerprint density at radius 3 is 1.80 bits per heavy atom. The van der Waals surface area contributed by atoms with Crippen LogP contribution in [0.2, 0.25) is 0 Å². The quantitative estimate of drug-likeness (QED) is 0.231. The molecular weight excluding hydrogens is 404 g/mol. The molecule has 10 atom stereocenters. The maximum Gasteiger partial charge on any atom is 0.187 e. The smallest absolute Gasteiger partial charge is 0.187 e. The second-order valence-corrected chi connectivity index (χ2v) is 7.34. The fourth-order valence-electron chi connectivity index (χ4n) is 3.34. The van der Waals surface area contributed by atoms with Crippen molar-refractivity contribution in [2.24, 2.45) is 0 Å². The highest BCUT2D eigenvalue weighted by Crippen LogP contribution is 2.26. The molecule has 0 radical (unpaired) electrons. The van der Waals surface area contributed by atoms with Crippen molar-refractivity contribution in [2.45, 2.75) is 68.0 Å². The topological polar surface area (TPSA) is 179 Å². The Hall–Kier alpha value is -1.22. The molecule has 0 aliphatic carbocycles. The lowest BCUT2D eigenvalue weighted by Crippen LogP contribution is -2.61. The Balaban J connectivity index is 1.58. The number of ether oxygens (including phenoxy) is 4. The summed E-state index contributed by atoms with van der Waals surface area (Å²) in [6.45, 7) is -0.932. The molecule has 2 fully saturated rings. The van der Waals surface area contributed by atoms with Gasteiger partial charge in [0.15, 0.2) is 12.6 Å². The fraction of sp³-hybridized carbons (Fsp3) is 0.684. The van der Waals surface area contributed by atoms with Crippen molar-refractivity contribution in [3.63, 3.8) is 0 Å². The normalized spacial score (nSPS) is 42.2. The summed E-state index contributed by atoms with van der Waals surface area (Å²) in [6, 6.07) is 9.07. The Labute approximate surface area is 172 Å². The number of rotatable bonds is 7. The van der Waals surface area contributed by atoms with Crippen LogP contribution in [-0.2, 0) is 25.6 Å². The van der Waals surface area contributed by atoms with Gasteiger partial charge in [-0.25, -0.2) is 0 Å². The van der Waals surface area contributed by atoms with Gasteiger partial charge in [-0.1, -0.05) is 30.3 Å². The van der Waals surface area contributed by atoms with Crippen LogP contribution in [0.25, 0.3) is 0 Å². The molecule has 0 amide bonds. The Kier molecular flexibility index (Phi) is 8.12. The van der Waals surface area contributed by atoms with Crippen LogP contribution < -0.4 is 0 Å². The first-order valence-corrected chi connectivity index (χ1v) is 9.60. The van der Waals surface area contributed by atoms with E-state index in [0.717, 1.165) is 5.56 Å². The number of hydrogen-bond acceptors (Lipinski definition) is 11. The van der Waals surface area contributed by atoms with Crippen molar-refractivity contribution in [3.05, 3.63) is 35.9 Å². The monoisotopic (exact) mass is 432 g/mol. The number of aliphatic hydroxyl groups is 7. The van der Waals surface area contributed by atoms with E-state index in [0.29, 0.717) is 0 Å². The van der Waals surface area contributed by atoms with E-state index < -0.39 is 74.6 Å². The fourth-order valence-corrected chi connectivity index (χ4v) is 3.34. The molecule has 1 aromatic carbocycles. The van der Waals surface area contributed by atoms with Crippen LogP contribution in [-0.4, -0.2) is 110 Å². The third kappa shape index (κ3) is 5.15. The minimum Gasteiger partial charge on any atom is -0.394 e. The number of hydrogen-bond donors (Lipinski definition) is 7. The summed E-state index contributed by atoms with van der Waals surface area (Å²) in [4.78, 5) is 0. The van der Waals surface area contributed by atoms with E-state index in [1.54, 1.807) is 12.1 Å². The molecule has 170 valence electrons. The molecule has 0 saturated carbocycles. The molecule has 11 heteroatoms. The van der Waals surface area contributed by atoms with E-state index in [1.165, 1.54) is 0 Å². The van der Waals surface area contributed by atoms with Gasteiger partial charge in [-0.2, -0.15) is 0 Å². The first-order valence-electron chi connectivity index (χ1n) is 9.60. The van der Waals surface area contributed by atoms with Gasteiger partial charge in [0.25, 0.3) is 0 Å². The van der Waals surface area contributed by atoms with Crippen molar-refractivity contribution in [1.82, 2.24) is 0 Å². The molecule has 1 aromatic rings. The highest BCUT2D eigenvalue weighted by molar-refractivity contribution is 5.13. The molecule has 0 spiro atoms. The van der Waals surface area contributed by atoms with Crippen LogP contribution in [0.5, 0.6) is 0 Å². The van der Waals surface area contributed by atoms with Crippen molar-refractivity contribution in [3.8, 4) is 0 Å². The molecule has 30 heavy (non-hydrogen) atoms. The Morgan fingerprint density at radius 1 is 0.667 bits per heavy atom. The number of aliphatic hydroxyl groups excluding tert-OH is 7. The highest BCUT2D eigenvalue weighted by Gasteiger charge is 2.47. The summed E-state index contributed by atoms with van der Waals surface area (Å²) < 4.78 is 21.6. The van der Waals surface area contributed by atoms with Gasteiger partial charge in [0.05, 0.1) is 19.8 Å². The SMILES string of the molecule is OC[C@H]1O[C@@H](OC[C@H]2O[C@@H](OCc3ccccc3)[C@H](O)[C@@H](O)[C@@H]2O)[C@H](O)[C@@H](O)[C@@H]1O. The van der Waals surface area contributed by atoms with Crippen LogP contribution in [0.4, 0.5) is 0 Å². The Morgan fingerprint density at radius 2 is 1.20 bits per heavy atom. The molecule has 7 N–H and O–H groups in total. The van der Waals surface area contributed by atoms with Crippen molar-refractivity contribution in [1.29, 1.82) is 0 Å². The summed E-state index contributed by atoms with van der Waals surface area (Å²) in [5.41, 5.74) is 0.808. The minimum atomic E-state index is -1.62. The lowest BCUT2D eigenvalue weighted by atomic mass is 9.98. The predicted molar refractivity (Wildman–Crippen MR) is 97.6 cm³/mol. The van der Waals surface area contributed by atoms with Crippen LogP contribution in [0.15, 0.2) is 30.3 Å². The third-order valence-corrected chi connectivity index (χ3v) is 5.20. The molecule has 11 nitrogen and oxygen atoms in total. The van der Waals surface area contributed by atoms with Crippen LogP contribution in [0.3, 0.4) is 0 Å². The molecule has 0 unspecified atom stereocenters. The summed E-state index contributed by atoms with van der Waals surface area (Å²) in [5.74, 6) is 0.